The van der Waals surface area contributed by atoms with Crippen molar-refractivity contribution >= 4 is 29.8 Å². The topological polar surface area (TPSA) is 71.0 Å². The van der Waals surface area contributed by atoms with Crippen LogP contribution in [0.5, 0.6) is 5.75 Å². The van der Waals surface area contributed by atoms with Crippen LogP contribution in [0.3, 0.4) is 0 Å². The van der Waals surface area contributed by atoms with Crippen LogP contribution in [-0.2, 0) is 11.3 Å². The molecule has 162 valence electrons. The standard InChI is InChI=1S/C25H23N3O3S/c1-31-22-9-5-8-19(14-22)15-26-27-24(30)20-10-12-21(13-11-20)25-28(23(29)17-32-25)16-18-6-3-2-4-7-18/h2-15,25H,16-17H2,1H3,(H,27,30)/b26-15-/t25-/m1/s1. The largest absolute Gasteiger partial charge is 0.497 e. The van der Waals surface area contributed by atoms with Gasteiger partial charge in [-0.15, -0.1) is 11.8 Å². The molecule has 1 fully saturated rings. The molecule has 0 bridgehead atoms. The Bertz CT molecular complexity index is 1120. The van der Waals surface area contributed by atoms with Gasteiger partial charge in [-0.2, -0.15) is 5.10 Å². The SMILES string of the molecule is COc1cccc(/C=N\NC(=O)c2ccc([C@H]3SCC(=O)N3Cc3ccccc3)cc2)c1. The van der Waals surface area contributed by atoms with Crippen molar-refractivity contribution in [2.75, 3.05) is 12.9 Å². The molecule has 0 unspecified atom stereocenters. The summed E-state index contributed by atoms with van der Waals surface area (Å²) < 4.78 is 5.18. The molecule has 6 nitrogen and oxygen atoms in total. The summed E-state index contributed by atoms with van der Waals surface area (Å²) in [6, 6.07) is 24.7. The van der Waals surface area contributed by atoms with Crippen LogP contribution in [0, 0.1) is 0 Å². The van der Waals surface area contributed by atoms with Gasteiger partial charge in [0, 0.05) is 12.1 Å². The quantitative estimate of drug-likeness (QED) is 0.436. The van der Waals surface area contributed by atoms with Gasteiger partial charge in [-0.25, -0.2) is 5.43 Å². The summed E-state index contributed by atoms with van der Waals surface area (Å²) in [6.45, 7) is 0.568. The van der Waals surface area contributed by atoms with Gasteiger partial charge < -0.3 is 9.64 Å². The number of carbonyl (C=O) groups excluding carboxylic acids is 2. The summed E-state index contributed by atoms with van der Waals surface area (Å²) in [7, 11) is 1.60. The van der Waals surface area contributed by atoms with Gasteiger partial charge in [-0.3, -0.25) is 9.59 Å². The number of ether oxygens (including phenoxy) is 1. The van der Waals surface area contributed by atoms with Crippen LogP contribution in [0.25, 0.3) is 0 Å². The van der Waals surface area contributed by atoms with E-state index < -0.39 is 0 Å². The molecule has 1 aliphatic rings. The maximum absolute atomic E-state index is 12.4. The highest BCUT2D eigenvalue weighted by Gasteiger charge is 2.32. The van der Waals surface area contributed by atoms with E-state index in [0.717, 1.165) is 22.4 Å². The summed E-state index contributed by atoms with van der Waals surface area (Å²) in [5.74, 6) is 1.00. The van der Waals surface area contributed by atoms with Gasteiger partial charge in [-0.1, -0.05) is 54.6 Å². The molecule has 1 atom stereocenters. The molecule has 32 heavy (non-hydrogen) atoms. The third-order valence-corrected chi connectivity index (χ3v) is 6.35. The first kappa shape index (κ1) is 21.6. The van der Waals surface area contributed by atoms with E-state index in [-0.39, 0.29) is 17.2 Å². The van der Waals surface area contributed by atoms with Crippen molar-refractivity contribution in [2.45, 2.75) is 11.9 Å². The monoisotopic (exact) mass is 445 g/mol. The summed E-state index contributed by atoms with van der Waals surface area (Å²) in [4.78, 5) is 26.7. The second-order valence-corrected chi connectivity index (χ2v) is 8.34. The van der Waals surface area contributed by atoms with Gasteiger partial charge in [0.1, 0.15) is 11.1 Å². The molecule has 0 spiro atoms. The molecule has 0 aliphatic carbocycles. The molecule has 1 saturated heterocycles. The fourth-order valence-corrected chi connectivity index (χ4v) is 4.62. The van der Waals surface area contributed by atoms with Crippen molar-refractivity contribution < 1.29 is 14.3 Å². The minimum absolute atomic E-state index is 0.0640. The predicted octanol–water partition coefficient (Wildman–Crippen LogP) is 4.23. The maximum Gasteiger partial charge on any atom is 0.271 e. The van der Waals surface area contributed by atoms with Gasteiger partial charge in [0.05, 0.1) is 19.1 Å². The first-order valence-electron chi connectivity index (χ1n) is 10.2. The van der Waals surface area contributed by atoms with E-state index in [1.54, 1.807) is 37.2 Å². The second kappa shape index (κ2) is 10.2. The molecule has 1 aliphatic heterocycles. The number of thioether (sulfide) groups is 1. The number of amides is 2. The Kier molecular flexibility index (Phi) is 6.87. The Hall–Kier alpha value is -3.58. The zero-order chi connectivity index (χ0) is 22.3. The highest BCUT2D eigenvalue weighted by molar-refractivity contribution is 8.00. The molecule has 0 radical (unpaired) electrons. The molecule has 2 amide bonds. The van der Waals surface area contributed by atoms with Crippen molar-refractivity contribution in [1.29, 1.82) is 0 Å². The van der Waals surface area contributed by atoms with Crippen molar-refractivity contribution in [3.8, 4) is 5.75 Å². The Morgan fingerprint density at radius 2 is 1.91 bits per heavy atom. The number of carbonyl (C=O) groups is 2. The number of nitrogens with zero attached hydrogens (tertiary/aromatic N) is 2. The van der Waals surface area contributed by atoms with Crippen LogP contribution in [0.2, 0.25) is 0 Å². The third kappa shape index (κ3) is 5.18. The molecule has 3 aromatic rings. The minimum Gasteiger partial charge on any atom is -0.497 e. The molecule has 4 rings (SSSR count). The zero-order valence-electron chi connectivity index (χ0n) is 17.6. The smallest absolute Gasteiger partial charge is 0.271 e. The highest BCUT2D eigenvalue weighted by atomic mass is 32.2. The van der Waals surface area contributed by atoms with Crippen molar-refractivity contribution in [1.82, 2.24) is 10.3 Å². The van der Waals surface area contributed by atoms with E-state index in [1.165, 1.54) is 0 Å². The van der Waals surface area contributed by atoms with E-state index in [1.807, 2.05) is 71.6 Å². The van der Waals surface area contributed by atoms with Crippen LogP contribution in [0.4, 0.5) is 0 Å². The Balaban J connectivity index is 1.40. The number of benzene rings is 3. The highest BCUT2D eigenvalue weighted by Crippen LogP contribution is 2.39. The van der Waals surface area contributed by atoms with E-state index in [0.29, 0.717) is 17.9 Å². The number of hydrogen-bond donors (Lipinski definition) is 1. The molecule has 1 N–H and O–H groups in total. The van der Waals surface area contributed by atoms with Gasteiger partial charge >= 0.3 is 0 Å². The zero-order valence-corrected chi connectivity index (χ0v) is 18.4. The van der Waals surface area contributed by atoms with Gasteiger partial charge in [0.2, 0.25) is 5.91 Å². The third-order valence-electron chi connectivity index (χ3n) is 5.10. The average molecular weight is 446 g/mol. The van der Waals surface area contributed by atoms with Crippen molar-refractivity contribution in [2.24, 2.45) is 5.10 Å². The normalized spacial score (nSPS) is 15.8. The molecular formula is C25H23N3O3S. The lowest BCUT2D eigenvalue weighted by atomic mass is 10.1. The fourth-order valence-electron chi connectivity index (χ4n) is 3.43. The van der Waals surface area contributed by atoms with Gasteiger partial charge in [0.25, 0.3) is 5.91 Å². The number of hydrazone groups is 1. The Morgan fingerprint density at radius 3 is 2.66 bits per heavy atom. The Morgan fingerprint density at radius 1 is 1.12 bits per heavy atom. The van der Waals surface area contributed by atoms with E-state index >= 15 is 0 Å². The van der Waals surface area contributed by atoms with Crippen LogP contribution < -0.4 is 10.2 Å². The number of nitrogens with one attached hydrogen (secondary N) is 1. The van der Waals surface area contributed by atoms with E-state index in [9.17, 15) is 9.59 Å². The summed E-state index contributed by atoms with van der Waals surface area (Å²) in [6.07, 6.45) is 1.57. The lowest BCUT2D eigenvalue weighted by Crippen LogP contribution is -2.27. The van der Waals surface area contributed by atoms with Gasteiger partial charge in [-0.05, 0) is 41.0 Å². The first-order valence-corrected chi connectivity index (χ1v) is 11.2. The first-order chi connectivity index (χ1) is 15.6. The molecule has 1 heterocycles. The number of hydrogen-bond acceptors (Lipinski definition) is 5. The Labute approximate surface area is 191 Å². The number of methoxy groups -OCH3 is 1. The minimum atomic E-state index is -0.299. The predicted molar refractivity (Wildman–Crippen MR) is 127 cm³/mol. The van der Waals surface area contributed by atoms with E-state index in [2.05, 4.69) is 10.5 Å². The van der Waals surface area contributed by atoms with Crippen LogP contribution in [0.1, 0.15) is 32.4 Å². The van der Waals surface area contributed by atoms with Crippen LogP contribution >= 0.6 is 11.8 Å². The maximum atomic E-state index is 12.4. The summed E-state index contributed by atoms with van der Waals surface area (Å²) >= 11 is 1.60. The summed E-state index contributed by atoms with van der Waals surface area (Å²) in [5.41, 5.74) is 5.95. The molecular weight excluding hydrogens is 422 g/mol. The lowest BCUT2D eigenvalue weighted by Gasteiger charge is -2.24. The molecule has 7 heteroatoms. The van der Waals surface area contributed by atoms with Gasteiger partial charge in [0.15, 0.2) is 0 Å². The molecule has 3 aromatic carbocycles. The van der Waals surface area contributed by atoms with E-state index in [4.69, 9.17) is 4.74 Å². The van der Waals surface area contributed by atoms with Crippen molar-refractivity contribution in [3.63, 3.8) is 0 Å². The van der Waals surface area contributed by atoms with Crippen molar-refractivity contribution in [3.05, 3.63) is 101 Å². The molecule has 0 saturated carbocycles. The summed E-state index contributed by atoms with van der Waals surface area (Å²) in [5, 5.41) is 3.96. The lowest BCUT2D eigenvalue weighted by molar-refractivity contribution is -0.128. The van der Waals surface area contributed by atoms with Crippen LogP contribution in [0.15, 0.2) is 84.0 Å². The second-order valence-electron chi connectivity index (χ2n) is 7.27. The average Bonchev–Trinajstić information content (AvgIpc) is 3.20. The molecule has 0 aromatic heterocycles. The van der Waals surface area contributed by atoms with Crippen LogP contribution in [-0.4, -0.2) is 35.8 Å². The number of rotatable bonds is 7. The fraction of sp³-hybridized carbons (Fsp3) is 0.160.